The lowest BCUT2D eigenvalue weighted by atomic mass is 10.2. The fourth-order valence-electron chi connectivity index (χ4n) is 2.74. The standard InChI is InChI=1S/C21H20N6O2S2/c1-13(2)8-9-14(3)31(28,29)27-21-20(23-16-6-4-5-7-17(16)24-21)22-15-10-11-18-19(12-15)26-30-25-18/h4-12H,1-3H3,(H,22,23)(H,24,27)/b14-9+. The number of anilines is 3. The van der Waals surface area contributed by atoms with E-state index in [4.69, 9.17) is 0 Å². The van der Waals surface area contributed by atoms with Crippen LogP contribution in [0, 0.1) is 0 Å². The van der Waals surface area contributed by atoms with E-state index in [1.54, 1.807) is 18.2 Å². The Morgan fingerprint density at radius 1 is 0.871 bits per heavy atom. The van der Waals surface area contributed by atoms with Crippen LogP contribution in [0.1, 0.15) is 20.8 Å². The molecule has 0 spiro atoms. The molecule has 0 unspecified atom stereocenters. The van der Waals surface area contributed by atoms with Crippen LogP contribution in [0.4, 0.5) is 17.3 Å². The SMILES string of the molecule is CC(C)=C/C=C(\C)S(=O)(=O)Nc1nc2ccccc2nc1Nc1ccc2nsnc2c1. The van der Waals surface area contributed by atoms with Crippen molar-refractivity contribution < 1.29 is 8.42 Å². The van der Waals surface area contributed by atoms with Crippen LogP contribution >= 0.6 is 11.7 Å². The lowest BCUT2D eigenvalue weighted by molar-refractivity contribution is 0.606. The largest absolute Gasteiger partial charge is 0.337 e. The van der Waals surface area contributed by atoms with Crippen molar-refractivity contribution in [1.82, 2.24) is 18.7 Å². The highest BCUT2D eigenvalue weighted by Gasteiger charge is 2.18. The first-order valence-corrected chi connectivity index (χ1v) is 11.6. The van der Waals surface area contributed by atoms with Crippen LogP contribution in [0.25, 0.3) is 22.1 Å². The number of rotatable bonds is 6. The van der Waals surface area contributed by atoms with Crippen LogP contribution in [0.15, 0.2) is 65.1 Å². The Balaban J connectivity index is 1.76. The summed E-state index contributed by atoms with van der Waals surface area (Å²) < 4.78 is 36.7. The first-order valence-electron chi connectivity index (χ1n) is 9.42. The smallest absolute Gasteiger partial charge is 0.259 e. The highest BCUT2D eigenvalue weighted by Crippen LogP contribution is 2.28. The van der Waals surface area contributed by atoms with E-state index in [0.717, 1.165) is 28.3 Å². The number of allylic oxidation sites excluding steroid dienone is 4. The highest BCUT2D eigenvalue weighted by molar-refractivity contribution is 7.96. The van der Waals surface area contributed by atoms with Crippen LogP contribution in [-0.2, 0) is 10.0 Å². The summed E-state index contributed by atoms with van der Waals surface area (Å²) in [5.41, 5.74) is 4.45. The molecule has 0 saturated carbocycles. The van der Waals surface area contributed by atoms with E-state index >= 15 is 0 Å². The molecule has 4 rings (SSSR count). The molecule has 0 aliphatic heterocycles. The van der Waals surface area contributed by atoms with Gasteiger partial charge in [-0.3, -0.25) is 4.72 Å². The molecule has 0 fully saturated rings. The summed E-state index contributed by atoms with van der Waals surface area (Å²) in [5, 5.41) is 3.16. The molecular formula is C21H20N6O2S2. The fourth-order valence-corrected chi connectivity index (χ4v) is 4.06. The maximum absolute atomic E-state index is 12.9. The first-order chi connectivity index (χ1) is 14.8. The molecule has 2 aromatic heterocycles. The Bertz CT molecular complexity index is 1440. The zero-order chi connectivity index (χ0) is 22.0. The van der Waals surface area contributed by atoms with Gasteiger partial charge in [0.25, 0.3) is 10.0 Å². The van der Waals surface area contributed by atoms with Gasteiger partial charge in [-0.1, -0.05) is 23.8 Å². The van der Waals surface area contributed by atoms with E-state index in [2.05, 4.69) is 28.8 Å². The molecule has 2 aromatic carbocycles. The number of aromatic nitrogens is 4. The lowest BCUT2D eigenvalue weighted by Gasteiger charge is -2.14. The molecule has 31 heavy (non-hydrogen) atoms. The van der Waals surface area contributed by atoms with Crippen molar-refractivity contribution in [3.05, 3.63) is 65.1 Å². The number of hydrogen-bond acceptors (Lipinski definition) is 8. The maximum Gasteiger partial charge on any atom is 0.259 e. The Morgan fingerprint density at radius 3 is 2.26 bits per heavy atom. The van der Waals surface area contributed by atoms with Gasteiger partial charge < -0.3 is 5.32 Å². The molecule has 10 heteroatoms. The number of sulfonamides is 1. The number of hydrogen-bond donors (Lipinski definition) is 2. The Labute approximate surface area is 184 Å². The first kappa shape index (κ1) is 20.9. The normalized spacial score (nSPS) is 12.2. The molecule has 4 aromatic rings. The summed E-state index contributed by atoms with van der Waals surface area (Å²) >= 11 is 1.13. The summed E-state index contributed by atoms with van der Waals surface area (Å²) in [5.74, 6) is 0.403. The minimum absolute atomic E-state index is 0.111. The van der Waals surface area contributed by atoms with E-state index < -0.39 is 10.0 Å². The van der Waals surface area contributed by atoms with Crippen LogP contribution in [0.5, 0.6) is 0 Å². The van der Waals surface area contributed by atoms with Gasteiger partial charge in [-0.2, -0.15) is 8.75 Å². The van der Waals surface area contributed by atoms with Gasteiger partial charge in [0, 0.05) is 5.69 Å². The molecule has 0 aliphatic rings. The van der Waals surface area contributed by atoms with Gasteiger partial charge in [0.15, 0.2) is 11.6 Å². The topological polar surface area (TPSA) is 110 Å². The van der Waals surface area contributed by atoms with Crippen molar-refractivity contribution in [3.8, 4) is 0 Å². The van der Waals surface area contributed by atoms with Gasteiger partial charge in [-0.25, -0.2) is 18.4 Å². The second kappa shape index (κ2) is 8.40. The third kappa shape index (κ3) is 4.70. The molecule has 0 saturated heterocycles. The third-order valence-corrected chi connectivity index (χ3v) is 6.40. The van der Waals surface area contributed by atoms with Gasteiger partial charge >= 0.3 is 0 Å². The van der Waals surface area contributed by atoms with Gasteiger partial charge in [-0.05, 0) is 57.2 Å². The van der Waals surface area contributed by atoms with Crippen LogP contribution < -0.4 is 10.0 Å². The minimum atomic E-state index is -3.81. The molecular weight excluding hydrogens is 432 g/mol. The lowest BCUT2D eigenvalue weighted by Crippen LogP contribution is -2.16. The van der Waals surface area contributed by atoms with Gasteiger partial charge in [0.05, 0.1) is 27.7 Å². The number of nitrogens with zero attached hydrogens (tertiary/aromatic N) is 4. The monoisotopic (exact) mass is 452 g/mol. The van der Waals surface area contributed by atoms with E-state index in [0.29, 0.717) is 22.5 Å². The number of para-hydroxylation sites is 2. The molecule has 0 aliphatic carbocycles. The van der Waals surface area contributed by atoms with Crippen molar-refractivity contribution in [2.45, 2.75) is 20.8 Å². The minimum Gasteiger partial charge on any atom is -0.337 e. The molecule has 158 valence electrons. The highest BCUT2D eigenvalue weighted by atomic mass is 32.2. The third-order valence-electron chi connectivity index (χ3n) is 4.39. The van der Waals surface area contributed by atoms with Gasteiger partial charge in [0.2, 0.25) is 0 Å². The average molecular weight is 453 g/mol. The van der Waals surface area contributed by atoms with Crippen molar-refractivity contribution >= 4 is 61.1 Å². The quantitative estimate of drug-likeness (QED) is 0.397. The molecule has 2 heterocycles. The van der Waals surface area contributed by atoms with Gasteiger partial charge in [-0.15, -0.1) is 0 Å². The maximum atomic E-state index is 12.9. The van der Waals surface area contributed by atoms with Crippen molar-refractivity contribution in [2.24, 2.45) is 0 Å². The molecule has 0 bridgehead atoms. The Morgan fingerprint density at radius 2 is 1.55 bits per heavy atom. The number of benzene rings is 2. The molecule has 0 radical (unpaired) electrons. The summed E-state index contributed by atoms with van der Waals surface area (Å²) in [7, 11) is -3.81. The van der Waals surface area contributed by atoms with Gasteiger partial charge in [0.1, 0.15) is 11.0 Å². The number of fused-ring (bicyclic) bond motifs is 2. The molecule has 0 atom stereocenters. The zero-order valence-electron chi connectivity index (χ0n) is 17.1. The summed E-state index contributed by atoms with van der Waals surface area (Å²) in [6.07, 6.45) is 3.30. The van der Waals surface area contributed by atoms with Crippen LogP contribution in [0.2, 0.25) is 0 Å². The zero-order valence-corrected chi connectivity index (χ0v) is 18.8. The predicted molar refractivity (Wildman–Crippen MR) is 126 cm³/mol. The van der Waals surface area contributed by atoms with Crippen molar-refractivity contribution in [2.75, 3.05) is 10.0 Å². The molecule has 8 nitrogen and oxygen atoms in total. The van der Waals surface area contributed by atoms with Crippen molar-refractivity contribution in [1.29, 1.82) is 0 Å². The Kier molecular flexibility index (Phi) is 5.66. The molecule has 0 amide bonds. The predicted octanol–water partition coefficient (Wildman–Crippen LogP) is 4.99. The second-order valence-corrected chi connectivity index (χ2v) is 9.51. The average Bonchev–Trinajstić information content (AvgIpc) is 3.20. The van der Waals surface area contributed by atoms with E-state index in [1.165, 1.54) is 6.92 Å². The van der Waals surface area contributed by atoms with Crippen LogP contribution in [0.3, 0.4) is 0 Å². The summed E-state index contributed by atoms with van der Waals surface area (Å²) in [6.45, 7) is 5.33. The Hall–Kier alpha value is -3.37. The number of nitrogens with one attached hydrogen (secondary N) is 2. The van der Waals surface area contributed by atoms with Crippen LogP contribution in [-0.4, -0.2) is 27.1 Å². The van der Waals surface area contributed by atoms with E-state index in [1.807, 2.05) is 50.2 Å². The van der Waals surface area contributed by atoms with E-state index in [-0.39, 0.29) is 10.7 Å². The molecule has 2 N–H and O–H groups in total. The van der Waals surface area contributed by atoms with E-state index in [9.17, 15) is 8.42 Å². The van der Waals surface area contributed by atoms with Crippen molar-refractivity contribution in [3.63, 3.8) is 0 Å². The summed E-state index contributed by atoms with van der Waals surface area (Å²) in [4.78, 5) is 9.26. The fraction of sp³-hybridized carbons (Fsp3) is 0.143. The summed E-state index contributed by atoms with van der Waals surface area (Å²) in [6, 6.07) is 12.8. The second-order valence-electron chi connectivity index (χ2n) is 7.13.